The van der Waals surface area contributed by atoms with Crippen molar-refractivity contribution in [3.05, 3.63) is 35.4 Å². The molecule has 0 aromatic heterocycles. The first-order valence-corrected chi connectivity index (χ1v) is 4.59. The molecule has 0 aliphatic rings. The average molecular weight is 197 g/mol. The van der Waals surface area contributed by atoms with Crippen molar-refractivity contribution < 1.29 is 4.79 Å². The van der Waals surface area contributed by atoms with Gasteiger partial charge in [-0.2, -0.15) is 0 Å². The normalized spacial score (nSPS) is 11.4. The second-order valence-corrected chi connectivity index (χ2v) is 4.45. The maximum atomic E-state index is 10.9. The van der Waals surface area contributed by atoms with Gasteiger partial charge in [0.2, 0.25) is 0 Å². The summed E-state index contributed by atoms with van der Waals surface area (Å²) in [7, 11) is 0. The van der Waals surface area contributed by atoms with Crippen molar-refractivity contribution in [1.82, 2.24) is 0 Å². The van der Waals surface area contributed by atoms with Crippen LogP contribution >= 0.6 is 11.6 Å². The van der Waals surface area contributed by atoms with Crippen LogP contribution in [0.4, 0.5) is 0 Å². The van der Waals surface area contributed by atoms with E-state index in [0.717, 1.165) is 5.56 Å². The van der Waals surface area contributed by atoms with Gasteiger partial charge in [0.05, 0.1) is 0 Å². The predicted octanol–water partition coefficient (Wildman–Crippen LogP) is 3.36. The fourth-order valence-corrected chi connectivity index (χ4v) is 1.23. The molecule has 1 aromatic rings. The van der Waals surface area contributed by atoms with Gasteiger partial charge in [0, 0.05) is 5.56 Å². The van der Waals surface area contributed by atoms with Crippen molar-refractivity contribution in [1.29, 1.82) is 0 Å². The fraction of sp³-hybridized carbons (Fsp3) is 0.364. The highest BCUT2D eigenvalue weighted by Gasteiger charge is 2.14. The van der Waals surface area contributed by atoms with Crippen molar-refractivity contribution in [2.45, 2.75) is 26.2 Å². The Kier molecular flexibility index (Phi) is 2.77. The lowest BCUT2D eigenvalue weighted by atomic mass is 9.86. The maximum Gasteiger partial charge on any atom is 0.252 e. The monoisotopic (exact) mass is 196 g/mol. The molecule has 0 unspecified atom stereocenters. The van der Waals surface area contributed by atoms with E-state index >= 15 is 0 Å². The van der Waals surface area contributed by atoms with Crippen LogP contribution in [0.2, 0.25) is 0 Å². The zero-order chi connectivity index (χ0) is 10.1. The average Bonchev–Trinajstić information content (AvgIpc) is 2.03. The van der Waals surface area contributed by atoms with E-state index in [9.17, 15) is 4.79 Å². The molecule has 1 nitrogen and oxygen atoms in total. The van der Waals surface area contributed by atoms with Gasteiger partial charge < -0.3 is 0 Å². The molecule has 1 aromatic carbocycles. The molecule has 2 heteroatoms. The van der Waals surface area contributed by atoms with Crippen LogP contribution in [0.5, 0.6) is 0 Å². The van der Waals surface area contributed by atoms with Gasteiger partial charge in [0.15, 0.2) is 0 Å². The van der Waals surface area contributed by atoms with E-state index in [1.54, 1.807) is 6.07 Å². The number of rotatable bonds is 1. The fourth-order valence-electron chi connectivity index (χ4n) is 1.11. The second-order valence-electron chi connectivity index (χ2n) is 4.10. The highest BCUT2D eigenvalue weighted by atomic mass is 35.5. The van der Waals surface area contributed by atoms with Crippen LogP contribution < -0.4 is 0 Å². The minimum atomic E-state index is -0.397. The number of halogens is 1. The van der Waals surface area contributed by atoms with Crippen molar-refractivity contribution in [3.63, 3.8) is 0 Å². The van der Waals surface area contributed by atoms with Crippen LogP contribution in [0, 0.1) is 0 Å². The van der Waals surface area contributed by atoms with Gasteiger partial charge in [-0.25, -0.2) is 0 Å². The summed E-state index contributed by atoms with van der Waals surface area (Å²) in [5.74, 6) is 0. The van der Waals surface area contributed by atoms with Crippen LogP contribution in [0.1, 0.15) is 36.7 Å². The summed E-state index contributed by atoms with van der Waals surface area (Å²) in [6, 6.07) is 7.43. The largest absolute Gasteiger partial charge is 0.276 e. The first kappa shape index (κ1) is 10.3. The Hall–Kier alpha value is -0.820. The summed E-state index contributed by atoms with van der Waals surface area (Å²) in [4.78, 5) is 10.9. The van der Waals surface area contributed by atoms with Crippen LogP contribution in [-0.4, -0.2) is 5.24 Å². The van der Waals surface area contributed by atoms with Crippen molar-refractivity contribution in [2.75, 3.05) is 0 Å². The smallest absolute Gasteiger partial charge is 0.252 e. The molecule has 0 aliphatic carbocycles. The summed E-state index contributed by atoms with van der Waals surface area (Å²) < 4.78 is 0. The summed E-state index contributed by atoms with van der Waals surface area (Å²) in [6.07, 6.45) is 0. The van der Waals surface area contributed by atoms with E-state index in [1.165, 1.54) is 0 Å². The SMILES string of the molecule is CC(C)(C)c1cccc(C(=O)Cl)c1. The zero-order valence-corrected chi connectivity index (χ0v) is 8.85. The number of hydrogen-bond acceptors (Lipinski definition) is 1. The van der Waals surface area contributed by atoms with E-state index in [1.807, 2.05) is 18.2 Å². The lowest BCUT2D eigenvalue weighted by molar-refractivity contribution is 0.108. The maximum absolute atomic E-state index is 10.9. The summed E-state index contributed by atoms with van der Waals surface area (Å²) >= 11 is 5.39. The molecule has 0 spiro atoms. The molecule has 0 atom stereocenters. The third-order valence-corrected chi connectivity index (χ3v) is 2.17. The Labute approximate surface area is 83.7 Å². The number of hydrogen-bond donors (Lipinski definition) is 0. The van der Waals surface area contributed by atoms with Crippen molar-refractivity contribution >= 4 is 16.8 Å². The van der Waals surface area contributed by atoms with Gasteiger partial charge in [-0.3, -0.25) is 4.79 Å². The van der Waals surface area contributed by atoms with E-state index in [-0.39, 0.29) is 5.41 Å². The highest BCUT2D eigenvalue weighted by Crippen LogP contribution is 2.23. The van der Waals surface area contributed by atoms with E-state index < -0.39 is 5.24 Å². The van der Waals surface area contributed by atoms with Gasteiger partial charge in [-0.15, -0.1) is 0 Å². The molecule has 0 fully saturated rings. The minimum absolute atomic E-state index is 0.0579. The van der Waals surface area contributed by atoms with Crippen molar-refractivity contribution in [3.8, 4) is 0 Å². The highest BCUT2D eigenvalue weighted by molar-refractivity contribution is 6.67. The van der Waals surface area contributed by atoms with Crippen LogP contribution in [-0.2, 0) is 5.41 Å². The molecule has 0 saturated carbocycles. The molecule has 0 amide bonds. The third-order valence-electron chi connectivity index (χ3n) is 1.96. The van der Waals surface area contributed by atoms with E-state index in [0.29, 0.717) is 5.56 Å². The van der Waals surface area contributed by atoms with Crippen LogP contribution in [0.3, 0.4) is 0 Å². The first-order valence-electron chi connectivity index (χ1n) is 4.21. The summed E-state index contributed by atoms with van der Waals surface area (Å²) in [5.41, 5.74) is 1.75. The summed E-state index contributed by atoms with van der Waals surface area (Å²) in [5, 5.41) is -0.397. The topological polar surface area (TPSA) is 17.1 Å². The zero-order valence-electron chi connectivity index (χ0n) is 8.10. The number of carbonyl (C=O) groups excluding carboxylic acids is 1. The quantitative estimate of drug-likeness (QED) is 0.630. The molecule has 0 heterocycles. The Morgan fingerprint density at radius 2 is 1.92 bits per heavy atom. The lowest BCUT2D eigenvalue weighted by Gasteiger charge is -2.19. The molecular formula is C11H13ClO. The second kappa shape index (κ2) is 3.51. The molecular weight excluding hydrogens is 184 g/mol. The Morgan fingerprint density at radius 3 is 2.38 bits per heavy atom. The molecule has 1 rings (SSSR count). The Balaban J connectivity index is 3.13. The molecule has 0 saturated heterocycles. The Bertz CT molecular complexity index is 323. The van der Waals surface area contributed by atoms with Gasteiger partial charge in [-0.1, -0.05) is 39.0 Å². The van der Waals surface area contributed by atoms with E-state index in [4.69, 9.17) is 11.6 Å². The Morgan fingerprint density at radius 1 is 1.31 bits per heavy atom. The molecule has 0 aliphatic heterocycles. The summed E-state index contributed by atoms with van der Waals surface area (Å²) in [6.45, 7) is 6.31. The van der Waals surface area contributed by atoms with Gasteiger partial charge in [0.25, 0.3) is 5.24 Å². The van der Waals surface area contributed by atoms with Gasteiger partial charge in [-0.05, 0) is 28.6 Å². The van der Waals surface area contributed by atoms with Gasteiger partial charge in [0.1, 0.15) is 0 Å². The van der Waals surface area contributed by atoms with E-state index in [2.05, 4.69) is 20.8 Å². The predicted molar refractivity (Wildman–Crippen MR) is 55.3 cm³/mol. The molecule has 13 heavy (non-hydrogen) atoms. The lowest BCUT2D eigenvalue weighted by Crippen LogP contribution is -2.11. The third kappa shape index (κ3) is 2.56. The molecule has 70 valence electrons. The molecule has 0 radical (unpaired) electrons. The van der Waals surface area contributed by atoms with Crippen LogP contribution in [0.25, 0.3) is 0 Å². The standard InChI is InChI=1S/C11H13ClO/c1-11(2,3)9-6-4-5-8(7-9)10(12)13/h4-7H,1-3H3. The molecule has 0 bridgehead atoms. The minimum Gasteiger partial charge on any atom is -0.276 e. The number of benzene rings is 1. The van der Waals surface area contributed by atoms with Gasteiger partial charge >= 0.3 is 0 Å². The molecule has 0 N–H and O–H groups in total. The number of carbonyl (C=O) groups is 1. The first-order chi connectivity index (χ1) is 5.91. The van der Waals surface area contributed by atoms with Crippen molar-refractivity contribution in [2.24, 2.45) is 0 Å². The van der Waals surface area contributed by atoms with Crippen LogP contribution in [0.15, 0.2) is 24.3 Å².